The number of nitrogens with one attached hydrogen (secondary N) is 1. The maximum atomic E-state index is 11.8. The van der Waals surface area contributed by atoms with E-state index < -0.39 is 26.8 Å². The van der Waals surface area contributed by atoms with Crippen LogP contribution in [0.2, 0.25) is 0 Å². The maximum absolute atomic E-state index is 11.8. The molecule has 0 aliphatic heterocycles. The standard InChI is InChI=1S/C10H21NO4S/c1-7(2)6-8(9(12)13)11-16(14,15)10(3,4)5/h7-8,11H,6H2,1-5H3,(H,12,13)/t8-/m1/s1. The van der Waals surface area contributed by atoms with Gasteiger partial charge in [-0.2, -0.15) is 0 Å². The molecule has 0 saturated carbocycles. The van der Waals surface area contributed by atoms with E-state index in [1.165, 1.54) is 20.8 Å². The van der Waals surface area contributed by atoms with E-state index in [0.29, 0.717) is 0 Å². The van der Waals surface area contributed by atoms with Crippen LogP contribution in [0.1, 0.15) is 41.0 Å². The van der Waals surface area contributed by atoms with Gasteiger partial charge in [-0.1, -0.05) is 13.8 Å². The van der Waals surface area contributed by atoms with Crippen molar-refractivity contribution in [3.8, 4) is 0 Å². The Balaban J connectivity index is 4.85. The molecule has 1 atom stereocenters. The smallest absolute Gasteiger partial charge is 0.321 e. The second kappa shape index (κ2) is 5.14. The highest BCUT2D eigenvalue weighted by Gasteiger charge is 2.33. The summed E-state index contributed by atoms with van der Waals surface area (Å²) in [7, 11) is -3.62. The van der Waals surface area contributed by atoms with Crippen LogP contribution in [0.4, 0.5) is 0 Å². The van der Waals surface area contributed by atoms with Crippen LogP contribution in [-0.2, 0) is 14.8 Å². The summed E-state index contributed by atoms with van der Waals surface area (Å²) in [4.78, 5) is 10.9. The minimum atomic E-state index is -3.62. The van der Waals surface area contributed by atoms with Gasteiger partial charge in [0.1, 0.15) is 6.04 Å². The molecule has 0 fully saturated rings. The SMILES string of the molecule is CC(C)C[C@@H](NS(=O)(=O)C(C)(C)C)C(=O)O. The Labute approximate surface area is 97.3 Å². The second-order valence-electron chi connectivity index (χ2n) is 5.25. The Morgan fingerprint density at radius 1 is 1.31 bits per heavy atom. The normalized spacial score (nSPS) is 15.1. The molecule has 0 heterocycles. The highest BCUT2D eigenvalue weighted by atomic mass is 32.2. The van der Waals surface area contributed by atoms with Crippen molar-refractivity contribution in [2.75, 3.05) is 0 Å². The molecule has 0 aromatic heterocycles. The van der Waals surface area contributed by atoms with Crippen LogP contribution < -0.4 is 4.72 Å². The maximum Gasteiger partial charge on any atom is 0.321 e. The lowest BCUT2D eigenvalue weighted by molar-refractivity contribution is -0.139. The fraction of sp³-hybridized carbons (Fsp3) is 0.900. The van der Waals surface area contributed by atoms with Crippen molar-refractivity contribution < 1.29 is 18.3 Å². The fourth-order valence-electron chi connectivity index (χ4n) is 1.03. The molecule has 96 valence electrons. The molecule has 0 unspecified atom stereocenters. The van der Waals surface area contributed by atoms with Crippen molar-refractivity contribution >= 4 is 16.0 Å². The highest BCUT2D eigenvalue weighted by molar-refractivity contribution is 7.90. The van der Waals surface area contributed by atoms with Crippen LogP contribution in [0.15, 0.2) is 0 Å². The van der Waals surface area contributed by atoms with E-state index in [1.807, 2.05) is 13.8 Å². The number of hydrogen-bond donors (Lipinski definition) is 2. The first-order valence-electron chi connectivity index (χ1n) is 5.22. The minimum absolute atomic E-state index is 0.115. The molecule has 0 aliphatic rings. The molecule has 0 aromatic carbocycles. The van der Waals surface area contributed by atoms with Crippen LogP contribution in [0.25, 0.3) is 0 Å². The van der Waals surface area contributed by atoms with Crippen molar-refractivity contribution in [2.45, 2.75) is 51.8 Å². The van der Waals surface area contributed by atoms with Gasteiger partial charge in [-0.15, -0.1) is 0 Å². The Bertz CT molecular complexity index is 340. The van der Waals surface area contributed by atoms with Gasteiger partial charge in [-0.3, -0.25) is 4.79 Å². The molecule has 6 heteroatoms. The summed E-state index contributed by atoms with van der Waals surface area (Å²) < 4.78 is 24.8. The molecule has 16 heavy (non-hydrogen) atoms. The van der Waals surface area contributed by atoms with Gasteiger partial charge >= 0.3 is 5.97 Å². The lowest BCUT2D eigenvalue weighted by Gasteiger charge is -2.24. The molecule has 0 spiro atoms. The van der Waals surface area contributed by atoms with E-state index in [2.05, 4.69) is 4.72 Å². The third kappa shape index (κ3) is 4.49. The molecule has 0 saturated heterocycles. The number of aliphatic carboxylic acids is 1. The van der Waals surface area contributed by atoms with Crippen molar-refractivity contribution in [2.24, 2.45) is 5.92 Å². The molecule has 0 bridgehead atoms. The first-order chi connectivity index (χ1) is 6.97. The Morgan fingerprint density at radius 3 is 2.00 bits per heavy atom. The van der Waals surface area contributed by atoms with Gasteiger partial charge in [0.05, 0.1) is 4.75 Å². The van der Waals surface area contributed by atoms with E-state index in [1.54, 1.807) is 0 Å². The molecule has 2 N–H and O–H groups in total. The number of sulfonamides is 1. The number of carboxylic acid groups (broad SMARTS) is 1. The largest absolute Gasteiger partial charge is 0.480 e. The van der Waals surface area contributed by atoms with Crippen LogP contribution in [0.5, 0.6) is 0 Å². The first kappa shape index (κ1) is 15.4. The highest BCUT2D eigenvalue weighted by Crippen LogP contribution is 2.15. The van der Waals surface area contributed by atoms with Crippen molar-refractivity contribution in [1.82, 2.24) is 4.72 Å². The lowest BCUT2D eigenvalue weighted by atomic mass is 10.1. The molecule has 0 aliphatic carbocycles. The molecular formula is C10H21NO4S. The summed E-state index contributed by atoms with van der Waals surface area (Å²) >= 11 is 0. The van der Waals surface area contributed by atoms with E-state index >= 15 is 0 Å². The van der Waals surface area contributed by atoms with E-state index in [0.717, 1.165) is 0 Å². The third-order valence-electron chi connectivity index (χ3n) is 2.11. The summed E-state index contributed by atoms with van der Waals surface area (Å²) in [6.45, 7) is 8.29. The van der Waals surface area contributed by atoms with Gasteiger partial charge in [0.25, 0.3) is 0 Å². The van der Waals surface area contributed by atoms with Crippen molar-refractivity contribution in [3.63, 3.8) is 0 Å². The fourth-order valence-corrected chi connectivity index (χ4v) is 1.96. The summed E-state index contributed by atoms with van der Waals surface area (Å²) in [6.07, 6.45) is 0.282. The van der Waals surface area contributed by atoms with Gasteiger partial charge in [0.2, 0.25) is 10.0 Å². The summed E-state index contributed by atoms with van der Waals surface area (Å²) in [5.74, 6) is -1.02. The average Bonchev–Trinajstić information content (AvgIpc) is 1.98. The molecule has 0 rings (SSSR count). The van der Waals surface area contributed by atoms with Crippen LogP contribution in [-0.4, -0.2) is 30.3 Å². The lowest BCUT2D eigenvalue weighted by Crippen LogP contribution is -2.48. The third-order valence-corrected chi connectivity index (χ3v) is 4.32. The topological polar surface area (TPSA) is 83.5 Å². The van der Waals surface area contributed by atoms with Crippen LogP contribution in [0.3, 0.4) is 0 Å². The van der Waals surface area contributed by atoms with Crippen molar-refractivity contribution in [1.29, 1.82) is 0 Å². The summed E-state index contributed by atoms with van der Waals surface area (Å²) in [5.41, 5.74) is 0. The predicted octanol–water partition coefficient (Wildman–Crippen LogP) is 1.20. The van der Waals surface area contributed by atoms with Gasteiger partial charge < -0.3 is 5.11 Å². The van der Waals surface area contributed by atoms with E-state index in [-0.39, 0.29) is 12.3 Å². The zero-order valence-corrected chi connectivity index (χ0v) is 11.3. The Kier molecular flexibility index (Phi) is 4.94. The average molecular weight is 251 g/mol. The monoisotopic (exact) mass is 251 g/mol. The van der Waals surface area contributed by atoms with Crippen molar-refractivity contribution in [3.05, 3.63) is 0 Å². The van der Waals surface area contributed by atoms with Gasteiger partial charge in [0.15, 0.2) is 0 Å². The number of rotatable bonds is 5. The quantitative estimate of drug-likeness (QED) is 0.769. The van der Waals surface area contributed by atoms with Crippen LogP contribution in [0, 0.1) is 5.92 Å². The van der Waals surface area contributed by atoms with Crippen LogP contribution >= 0.6 is 0 Å². The minimum Gasteiger partial charge on any atom is -0.480 e. The number of carboxylic acids is 1. The molecule has 5 nitrogen and oxygen atoms in total. The molecular weight excluding hydrogens is 230 g/mol. The molecule has 0 aromatic rings. The number of hydrogen-bond acceptors (Lipinski definition) is 3. The zero-order chi connectivity index (χ0) is 13.1. The van der Waals surface area contributed by atoms with E-state index in [4.69, 9.17) is 5.11 Å². The Hall–Kier alpha value is -0.620. The van der Waals surface area contributed by atoms with Gasteiger partial charge in [-0.05, 0) is 33.1 Å². The molecule has 0 amide bonds. The van der Waals surface area contributed by atoms with Gasteiger partial charge in [-0.25, -0.2) is 13.1 Å². The summed E-state index contributed by atoms with van der Waals surface area (Å²) in [5, 5.41) is 8.92. The second-order valence-corrected chi connectivity index (χ2v) is 7.72. The predicted molar refractivity (Wildman–Crippen MR) is 62.7 cm³/mol. The Morgan fingerprint density at radius 2 is 1.75 bits per heavy atom. The first-order valence-corrected chi connectivity index (χ1v) is 6.70. The summed E-state index contributed by atoms with van der Waals surface area (Å²) in [6, 6.07) is -1.05. The van der Waals surface area contributed by atoms with E-state index in [9.17, 15) is 13.2 Å². The zero-order valence-electron chi connectivity index (χ0n) is 10.4. The number of carbonyl (C=O) groups is 1. The molecule has 0 radical (unpaired) electrons. The van der Waals surface area contributed by atoms with Gasteiger partial charge in [0, 0.05) is 0 Å².